The van der Waals surface area contributed by atoms with Crippen LogP contribution in [0.25, 0.3) is 0 Å². The molecule has 0 saturated carbocycles. The molecule has 3 aromatic rings. The van der Waals surface area contributed by atoms with Gasteiger partial charge in [-0.25, -0.2) is 0 Å². The Morgan fingerprint density at radius 2 is 1.77 bits per heavy atom. The number of nitrogens with one attached hydrogen (secondary N) is 1. The van der Waals surface area contributed by atoms with E-state index < -0.39 is 48.6 Å². The average molecular weight is 672 g/mol. The number of hydrogen-bond acceptors (Lipinski definition) is 8. The van der Waals surface area contributed by atoms with Crippen molar-refractivity contribution in [2.45, 2.75) is 63.2 Å². The van der Waals surface area contributed by atoms with Gasteiger partial charge in [-0.3, -0.25) is 9.59 Å². The van der Waals surface area contributed by atoms with Crippen molar-refractivity contribution in [3.63, 3.8) is 0 Å². The van der Waals surface area contributed by atoms with Crippen molar-refractivity contribution in [3.8, 4) is 5.75 Å². The Balaban J connectivity index is 1.34. The first-order valence-electron chi connectivity index (χ1n) is 15.8. The van der Waals surface area contributed by atoms with Gasteiger partial charge in [0.2, 0.25) is 5.91 Å². The first-order valence-corrected chi connectivity index (χ1v) is 15.8. The number of halogens is 3. The SMILES string of the molecule is C[C@H]1[C@@H](CN(C)C[C@@H](O)c2cccc(O)c2)O[C@@H](c2cccc(NC(=O)[C@@H]3CCCN3C(=O)C(F)(F)F)c2)O[C@H]1c1ccc(CO)cc1. The van der Waals surface area contributed by atoms with Crippen molar-refractivity contribution >= 4 is 17.5 Å². The average Bonchev–Trinajstić information content (AvgIpc) is 3.55. The number of aromatic hydroxyl groups is 1. The van der Waals surface area contributed by atoms with Gasteiger partial charge in [-0.05, 0) is 60.8 Å². The van der Waals surface area contributed by atoms with Crippen LogP contribution in [-0.4, -0.2) is 81.9 Å². The van der Waals surface area contributed by atoms with E-state index in [-0.39, 0.29) is 44.2 Å². The van der Waals surface area contributed by atoms with Gasteiger partial charge in [-0.1, -0.05) is 55.5 Å². The normalized spacial score (nSPS) is 23.7. The maximum Gasteiger partial charge on any atom is 0.471 e. The number of amides is 2. The monoisotopic (exact) mass is 671 g/mol. The molecule has 0 unspecified atom stereocenters. The van der Waals surface area contributed by atoms with Crippen LogP contribution in [0.4, 0.5) is 18.9 Å². The number of carbonyl (C=O) groups excluding carboxylic acids is 2. The molecule has 2 amide bonds. The number of nitrogens with zero attached hydrogens (tertiary/aromatic N) is 2. The van der Waals surface area contributed by atoms with Crippen molar-refractivity contribution in [1.29, 1.82) is 0 Å². The second kappa shape index (κ2) is 15.0. The summed E-state index contributed by atoms with van der Waals surface area (Å²) in [5.74, 6) is -2.85. The molecule has 48 heavy (non-hydrogen) atoms. The lowest BCUT2D eigenvalue weighted by Crippen LogP contribution is -2.48. The van der Waals surface area contributed by atoms with E-state index in [1.165, 1.54) is 12.1 Å². The molecule has 2 fully saturated rings. The van der Waals surface area contributed by atoms with Crippen molar-refractivity contribution in [3.05, 3.63) is 95.1 Å². The quantitative estimate of drug-likeness (QED) is 0.241. The fourth-order valence-electron chi connectivity index (χ4n) is 6.28. The molecule has 0 radical (unpaired) electrons. The van der Waals surface area contributed by atoms with E-state index in [0.29, 0.717) is 28.3 Å². The van der Waals surface area contributed by atoms with Gasteiger partial charge in [0.25, 0.3) is 0 Å². The highest BCUT2D eigenvalue weighted by Crippen LogP contribution is 2.42. The lowest BCUT2D eigenvalue weighted by molar-refractivity contribution is -0.276. The first-order chi connectivity index (χ1) is 22.8. The predicted octanol–water partition coefficient (Wildman–Crippen LogP) is 4.83. The summed E-state index contributed by atoms with van der Waals surface area (Å²) in [6, 6.07) is 19.2. The molecule has 2 saturated heterocycles. The smallest absolute Gasteiger partial charge is 0.471 e. The summed E-state index contributed by atoms with van der Waals surface area (Å²) >= 11 is 0. The molecule has 2 aliphatic rings. The Kier molecular flexibility index (Phi) is 11.1. The van der Waals surface area contributed by atoms with Gasteiger partial charge in [-0.2, -0.15) is 13.2 Å². The van der Waals surface area contributed by atoms with Crippen molar-refractivity contribution in [2.75, 3.05) is 32.0 Å². The molecular formula is C35H40F3N3O7. The number of rotatable bonds is 10. The number of likely N-dealkylation sites (N-methyl/N-ethyl adjacent to an activating group) is 1. The van der Waals surface area contributed by atoms with Gasteiger partial charge in [0.15, 0.2) is 6.29 Å². The zero-order valence-corrected chi connectivity index (χ0v) is 26.6. The maximum absolute atomic E-state index is 13.1. The molecule has 6 atom stereocenters. The van der Waals surface area contributed by atoms with Gasteiger partial charge < -0.3 is 39.9 Å². The van der Waals surface area contributed by atoms with Crippen molar-refractivity contribution in [1.82, 2.24) is 9.80 Å². The number of carbonyl (C=O) groups is 2. The predicted molar refractivity (Wildman–Crippen MR) is 169 cm³/mol. The van der Waals surface area contributed by atoms with E-state index in [9.17, 15) is 38.1 Å². The second-order valence-corrected chi connectivity index (χ2v) is 12.4. The van der Waals surface area contributed by atoms with Crippen molar-refractivity contribution < 1.29 is 47.6 Å². The molecule has 2 heterocycles. The third kappa shape index (κ3) is 8.34. The Bertz CT molecular complexity index is 1570. The third-order valence-electron chi connectivity index (χ3n) is 8.84. The van der Waals surface area contributed by atoms with Gasteiger partial charge in [0.05, 0.1) is 24.9 Å². The van der Waals surface area contributed by atoms with Crippen LogP contribution in [0.15, 0.2) is 72.8 Å². The van der Waals surface area contributed by atoms with Crippen LogP contribution in [-0.2, 0) is 25.7 Å². The van der Waals surface area contributed by atoms with Crippen LogP contribution in [0.3, 0.4) is 0 Å². The minimum atomic E-state index is -5.07. The molecule has 13 heteroatoms. The summed E-state index contributed by atoms with van der Waals surface area (Å²) in [5, 5.41) is 32.9. The molecule has 258 valence electrons. The van der Waals surface area contributed by atoms with Gasteiger partial charge in [0, 0.05) is 36.8 Å². The van der Waals surface area contributed by atoms with Crippen molar-refractivity contribution in [2.24, 2.45) is 5.92 Å². The number of alkyl halides is 3. The Labute approximate surface area is 276 Å². The molecule has 10 nitrogen and oxygen atoms in total. The Morgan fingerprint density at radius 3 is 2.46 bits per heavy atom. The summed E-state index contributed by atoms with van der Waals surface area (Å²) in [4.78, 5) is 27.5. The molecule has 0 aliphatic carbocycles. The molecule has 0 aromatic heterocycles. The fourth-order valence-corrected chi connectivity index (χ4v) is 6.28. The Hall–Kier alpha value is -4.01. The van der Waals surface area contributed by atoms with Crippen LogP contribution in [0, 0.1) is 5.92 Å². The lowest BCUT2D eigenvalue weighted by Gasteiger charge is -2.42. The van der Waals surface area contributed by atoms with E-state index in [2.05, 4.69) is 5.32 Å². The molecule has 0 bridgehead atoms. The van der Waals surface area contributed by atoms with Crippen LogP contribution >= 0.6 is 0 Å². The zero-order chi connectivity index (χ0) is 34.6. The highest BCUT2D eigenvalue weighted by atomic mass is 19.4. The minimum Gasteiger partial charge on any atom is -0.508 e. The first kappa shape index (κ1) is 35.3. The number of phenolic OH excluding ortho intramolecular Hbond substituents is 1. The standard InChI is InChI=1S/C35H40F3N3O7/c1-21-30(19-40(2)18-29(44)24-6-4-9-27(43)17-24)47-33(48-31(21)23-13-11-22(20-42)12-14-23)25-7-3-8-26(16-25)39-32(45)28-10-5-15-41(28)34(46)35(36,37)38/h3-4,6-9,11-14,16-17,21,28-31,33,42-44H,5,10,15,18-20H2,1-2H3,(H,39,45)/t21-,28-,29+,30+,31+,33+/m0/s1. The van der Waals surface area contributed by atoms with Crippen LogP contribution < -0.4 is 5.32 Å². The highest BCUT2D eigenvalue weighted by Gasteiger charge is 2.47. The number of likely N-dealkylation sites (tertiary alicyclic amines) is 1. The van der Waals surface area contributed by atoms with E-state index in [4.69, 9.17) is 9.47 Å². The van der Waals surface area contributed by atoms with Gasteiger partial charge in [0.1, 0.15) is 11.8 Å². The summed E-state index contributed by atoms with van der Waals surface area (Å²) in [6.07, 6.45) is -7.27. The van der Waals surface area contributed by atoms with E-state index in [0.717, 1.165) is 11.1 Å². The highest BCUT2D eigenvalue weighted by molar-refractivity contribution is 5.98. The number of anilines is 1. The summed E-state index contributed by atoms with van der Waals surface area (Å²) < 4.78 is 52.3. The fraction of sp³-hybridized carbons (Fsp3) is 0.429. The number of ether oxygens (including phenoxy) is 2. The number of phenols is 1. The molecule has 3 aromatic carbocycles. The van der Waals surface area contributed by atoms with Gasteiger partial charge >= 0.3 is 12.1 Å². The summed E-state index contributed by atoms with van der Waals surface area (Å²) in [7, 11) is 1.85. The molecule has 2 aliphatic heterocycles. The van der Waals surface area contributed by atoms with E-state index >= 15 is 0 Å². The summed E-state index contributed by atoms with van der Waals surface area (Å²) in [5.41, 5.74) is 3.04. The summed E-state index contributed by atoms with van der Waals surface area (Å²) in [6.45, 7) is 2.40. The zero-order valence-electron chi connectivity index (χ0n) is 26.6. The Morgan fingerprint density at radius 1 is 1.04 bits per heavy atom. The number of aliphatic hydroxyl groups excluding tert-OH is 2. The second-order valence-electron chi connectivity index (χ2n) is 12.4. The lowest BCUT2D eigenvalue weighted by atomic mass is 9.90. The number of benzene rings is 3. The molecule has 0 spiro atoms. The van der Waals surface area contributed by atoms with Crippen LogP contribution in [0.1, 0.15) is 60.5 Å². The van der Waals surface area contributed by atoms with E-state index in [1.54, 1.807) is 36.4 Å². The molecule has 4 N–H and O–H groups in total. The number of aliphatic hydroxyl groups is 2. The van der Waals surface area contributed by atoms with E-state index in [1.807, 2.05) is 43.1 Å². The minimum absolute atomic E-state index is 0.0577. The van der Waals surface area contributed by atoms with Crippen LogP contribution in [0.5, 0.6) is 5.75 Å². The van der Waals surface area contributed by atoms with Gasteiger partial charge in [-0.15, -0.1) is 0 Å². The van der Waals surface area contributed by atoms with Crippen LogP contribution in [0.2, 0.25) is 0 Å². The topological polar surface area (TPSA) is 132 Å². The largest absolute Gasteiger partial charge is 0.508 e. The maximum atomic E-state index is 13.1. The molecule has 5 rings (SSSR count). The third-order valence-corrected chi connectivity index (χ3v) is 8.84. The number of hydrogen-bond donors (Lipinski definition) is 4. The molecular weight excluding hydrogens is 631 g/mol.